The second kappa shape index (κ2) is 83.6. The molecule has 0 saturated heterocycles. The van der Waals surface area contributed by atoms with E-state index in [1.54, 1.807) is 0 Å². The van der Waals surface area contributed by atoms with Crippen molar-refractivity contribution in [2.45, 2.75) is 341 Å². The molecule has 600 valence electrons. The fourth-order valence-corrected chi connectivity index (χ4v) is 12.1. The molecule has 0 saturated carbocycles. The van der Waals surface area contributed by atoms with Gasteiger partial charge in [-0.15, -0.1) is 0 Å². The third kappa shape index (κ3) is 87.5. The van der Waals surface area contributed by atoms with Crippen LogP contribution in [-0.2, 0) is 32.7 Å². The lowest BCUT2D eigenvalue weighted by Crippen LogP contribution is -2.37. The third-order valence-electron chi connectivity index (χ3n) is 17.8. The second-order valence-electron chi connectivity index (χ2n) is 29.1. The lowest BCUT2D eigenvalue weighted by molar-refractivity contribution is -0.870. The fraction of sp³-hybridized carbons (Fsp3) is 0.625. The Morgan fingerprint density at radius 3 is 0.755 bits per heavy atom. The minimum Gasteiger partial charge on any atom is -0.756 e. The number of esters is 2. The fourth-order valence-electron chi connectivity index (χ4n) is 11.4. The lowest BCUT2D eigenvalue weighted by atomic mass is 10.0. The van der Waals surface area contributed by atoms with E-state index in [1.165, 1.54) is 154 Å². The van der Waals surface area contributed by atoms with Gasteiger partial charge in [-0.2, -0.15) is 0 Å². The molecular formula is C96H158NO8P. The predicted octanol–water partition coefficient (Wildman–Crippen LogP) is 28.6. The Balaban J connectivity index is 4.00. The van der Waals surface area contributed by atoms with Crippen molar-refractivity contribution in [1.82, 2.24) is 0 Å². The van der Waals surface area contributed by atoms with Crippen molar-refractivity contribution >= 4 is 19.8 Å². The van der Waals surface area contributed by atoms with Crippen LogP contribution in [0.25, 0.3) is 0 Å². The van der Waals surface area contributed by atoms with Gasteiger partial charge in [0.2, 0.25) is 0 Å². The van der Waals surface area contributed by atoms with Crippen LogP contribution in [0.4, 0.5) is 0 Å². The van der Waals surface area contributed by atoms with Crippen LogP contribution in [0.1, 0.15) is 335 Å². The first kappa shape index (κ1) is 101. The summed E-state index contributed by atoms with van der Waals surface area (Å²) in [6.45, 7) is 4.02. The van der Waals surface area contributed by atoms with Gasteiger partial charge in [-0.05, 0) is 148 Å². The van der Waals surface area contributed by atoms with Crippen LogP contribution in [0.3, 0.4) is 0 Å². The Morgan fingerprint density at radius 1 is 0.292 bits per heavy atom. The molecule has 106 heavy (non-hydrogen) atoms. The van der Waals surface area contributed by atoms with E-state index in [2.05, 4.69) is 220 Å². The van der Waals surface area contributed by atoms with E-state index in [0.717, 1.165) is 148 Å². The third-order valence-corrected chi connectivity index (χ3v) is 18.8. The number of phosphoric acid groups is 1. The van der Waals surface area contributed by atoms with Crippen molar-refractivity contribution < 1.29 is 42.1 Å². The van der Waals surface area contributed by atoms with Crippen LogP contribution < -0.4 is 4.89 Å². The number of rotatable bonds is 77. The Labute approximate surface area is 653 Å². The highest BCUT2D eigenvalue weighted by atomic mass is 31.2. The quantitative estimate of drug-likeness (QED) is 0.0195. The molecule has 0 aliphatic heterocycles. The topological polar surface area (TPSA) is 111 Å². The number of quaternary nitrogens is 1. The van der Waals surface area contributed by atoms with Gasteiger partial charge in [-0.3, -0.25) is 14.2 Å². The first-order valence-electron chi connectivity index (χ1n) is 42.8. The predicted molar refractivity (Wildman–Crippen MR) is 461 cm³/mol. The van der Waals surface area contributed by atoms with Crippen LogP contribution in [0.5, 0.6) is 0 Å². The van der Waals surface area contributed by atoms with E-state index < -0.39 is 26.5 Å². The van der Waals surface area contributed by atoms with Crippen LogP contribution in [0, 0.1) is 0 Å². The van der Waals surface area contributed by atoms with Gasteiger partial charge in [0.15, 0.2) is 6.10 Å². The second-order valence-corrected chi connectivity index (χ2v) is 30.5. The molecule has 0 aliphatic carbocycles. The van der Waals surface area contributed by atoms with Gasteiger partial charge in [0.25, 0.3) is 7.82 Å². The Morgan fingerprint density at radius 2 is 0.509 bits per heavy atom. The molecule has 0 aromatic heterocycles. The molecular weight excluding hydrogens is 1330 g/mol. The highest BCUT2D eigenvalue weighted by molar-refractivity contribution is 7.45. The summed E-state index contributed by atoms with van der Waals surface area (Å²) in [7, 11) is 1.16. The Hall–Kier alpha value is -5.41. The van der Waals surface area contributed by atoms with E-state index in [1.807, 2.05) is 21.1 Å². The molecule has 0 spiro atoms. The Kier molecular flexibility index (Phi) is 79.4. The van der Waals surface area contributed by atoms with Gasteiger partial charge >= 0.3 is 11.9 Å². The largest absolute Gasteiger partial charge is 0.756 e. The zero-order chi connectivity index (χ0) is 76.8. The maximum Gasteiger partial charge on any atom is 0.306 e. The zero-order valence-corrected chi connectivity index (χ0v) is 69.4. The summed E-state index contributed by atoms with van der Waals surface area (Å²) in [5.74, 6) is -0.835. The van der Waals surface area contributed by atoms with Crippen molar-refractivity contribution in [2.75, 3.05) is 47.5 Å². The first-order chi connectivity index (χ1) is 52.0. The van der Waals surface area contributed by atoms with E-state index in [9.17, 15) is 19.0 Å². The summed E-state index contributed by atoms with van der Waals surface area (Å²) in [5, 5.41) is 0. The normalized spacial score (nSPS) is 14.1. The smallest absolute Gasteiger partial charge is 0.306 e. The maximum atomic E-state index is 12.9. The molecule has 0 fully saturated rings. The molecule has 0 aromatic carbocycles. The van der Waals surface area contributed by atoms with Crippen LogP contribution in [0.15, 0.2) is 207 Å². The number of carbonyl (C=O) groups is 2. The highest BCUT2D eigenvalue weighted by Gasteiger charge is 2.22. The summed E-state index contributed by atoms with van der Waals surface area (Å²) in [5.41, 5.74) is 0. The molecule has 2 unspecified atom stereocenters. The van der Waals surface area contributed by atoms with Crippen molar-refractivity contribution in [3.05, 3.63) is 207 Å². The molecule has 0 aliphatic rings. The van der Waals surface area contributed by atoms with Crippen LogP contribution in [-0.4, -0.2) is 70.0 Å². The number of phosphoric ester groups is 1. The molecule has 2 atom stereocenters. The lowest BCUT2D eigenvalue weighted by Gasteiger charge is -2.28. The number of hydrogen-bond acceptors (Lipinski definition) is 8. The van der Waals surface area contributed by atoms with E-state index in [-0.39, 0.29) is 32.0 Å². The van der Waals surface area contributed by atoms with E-state index >= 15 is 0 Å². The molecule has 0 aromatic rings. The molecule has 0 amide bonds. The van der Waals surface area contributed by atoms with Crippen LogP contribution in [0.2, 0.25) is 0 Å². The minimum atomic E-state index is -4.66. The summed E-state index contributed by atoms with van der Waals surface area (Å²) in [6.07, 6.45) is 131. The maximum absolute atomic E-state index is 12.9. The Bertz CT molecular complexity index is 2560. The number of nitrogens with zero attached hydrogens (tertiary/aromatic N) is 1. The van der Waals surface area contributed by atoms with Crippen LogP contribution >= 0.6 is 7.82 Å². The van der Waals surface area contributed by atoms with Crippen molar-refractivity contribution in [3.8, 4) is 0 Å². The summed E-state index contributed by atoms with van der Waals surface area (Å²) in [4.78, 5) is 38.3. The molecule has 0 radical (unpaired) electrons. The van der Waals surface area contributed by atoms with Crippen molar-refractivity contribution in [1.29, 1.82) is 0 Å². The number of allylic oxidation sites excluding steroid dienone is 34. The van der Waals surface area contributed by atoms with E-state index in [0.29, 0.717) is 17.4 Å². The monoisotopic (exact) mass is 1480 g/mol. The molecule has 0 N–H and O–H groups in total. The minimum absolute atomic E-state index is 0.0381. The average molecular weight is 1490 g/mol. The number of hydrogen-bond donors (Lipinski definition) is 0. The number of carbonyl (C=O) groups excluding carboxylic acids is 2. The summed E-state index contributed by atoms with van der Waals surface area (Å²) < 4.78 is 34.5. The molecule has 0 rings (SSSR count). The molecule has 0 bridgehead atoms. The SMILES string of the molecule is CC/C=C\C/C=C\C/C=C\C/C=C\C/C=C\C/C=C\C/C=C\C/C=C\C/C=C\CCCCCCCCCCCCCCCC(=O)OC(COC(=O)CCCCCCCCCCCCCCCCCC/C=C\C/C=C\C/C=C\C/C=C\C/C=C\C/C=C\C/C=C\C/C=C\CC)COP(=O)([O-])OCC[N+](C)(C)C. The first-order valence-corrected chi connectivity index (χ1v) is 44.3. The number of likely N-dealkylation sites (N-methyl/N-ethyl adjacent to an activating group) is 1. The van der Waals surface area contributed by atoms with Gasteiger partial charge in [0, 0.05) is 12.8 Å². The molecule has 0 heterocycles. The van der Waals surface area contributed by atoms with Crippen molar-refractivity contribution in [3.63, 3.8) is 0 Å². The standard InChI is InChI=1S/C96H158NO8P/c1-6-8-10-12-14-16-18-20-22-24-26-28-30-32-34-36-38-40-42-44-46-48-50-52-54-56-58-60-62-64-66-68-70-72-74-76-78-80-82-84-86-88-95(98)102-92-94(93-104-106(100,101)103-91-90-97(3,4)5)105-96(99)89-87-85-83-81-79-77-75-73-71-69-67-65-63-61-59-57-55-53-51-49-47-45-43-41-39-37-35-33-31-29-27-25-23-21-19-17-15-13-11-9-7-2/h8-11,14-17,20-23,26-29,32-35,38-41,44-47,50-53,57,59,94H,6-7,12-13,18-19,24-25,30-31,36-37,42-43,48-49,54-56,58,60-93H2,1-5H3/b10-8-,11-9-,16-14-,17-15-,22-20-,23-21-,28-26-,29-27-,34-32-,35-33-,40-38-,41-39-,46-44-,47-45-,52-50-,53-51-,59-57-. The number of ether oxygens (including phenoxy) is 2. The highest BCUT2D eigenvalue weighted by Crippen LogP contribution is 2.38. The summed E-state index contributed by atoms with van der Waals surface area (Å²) >= 11 is 0. The van der Waals surface area contributed by atoms with Gasteiger partial charge in [0.1, 0.15) is 19.8 Å². The molecule has 9 nitrogen and oxygen atoms in total. The summed E-state index contributed by atoms with van der Waals surface area (Å²) in [6, 6.07) is 0. The number of unbranched alkanes of at least 4 members (excludes halogenated alkanes) is 29. The molecule has 10 heteroatoms. The van der Waals surface area contributed by atoms with E-state index in [4.69, 9.17) is 18.5 Å². The van der Waals surface area contributed by atoms with Gasteiger partial charge in [0.05, 0.1) is 27.7 Å². The van der Waals surface area contributed by atoms with Gasteiger partial charge < -0.3 is 27.9 Å². The average Bonchev–Trinajstić information content (AvgIpc) is 0.908. The van der Waals surface area contributed by atoms with Crippen molar-refractivity contribution in [2.24, 2.45) is 0 Å². The van der Waals surface area contributed by atoms with Gasteiger partial charge in [-0.1, -0.05) is 381 Å². The van der Waals surface area contributed by atoms with Gasteiger partial charge in [-0.25, -0.2) is 0 Å². The zero-order valence-electron chi connectivity index (χ0n) is 68.6.